The lowest BCUT2D eigenvalue weighted by molar-refractivity contribution is 0.200. The number of amides is 2. The second kappa shape index (κ2) is 9.10. The number of carboxylic acid groups (broad SMARTS) is 1. The van der Waals surface area contributed by atoms with Gasteiger partial charge in [-0.1, -0.05) is 24.3 Å². The second-order valence-electron chi connectivity index (χ2n) is 5.60. The van der Waals surface area contributed by atoms with Gasteiger partial charge >= 0.3 is 12.2 Å². The van der Waals surface area contributed by atoms with Crippen molar-refractivity contribution in [1.82, 2.24) is 0 Å². The van der Waals surface area contributed by atoms with Crippen LogP contribution in [0.4, 0.5) is 21.0 Å². The molecule has 1 unspecified atom stereocenters. The van der Waals surface area contributed by atoms with Crippen molar-refractivity contribution < 1.29 is 19.4 Å². The summed E-state index contributed by atoms with van der Waals surface area (Å²) in [5, 5.41) is 9.43. The largest absolute Gasteiger partial charge is 0.465 e. The number of anilines is 2. The van der Waals surface area contributed by atoms with Gasteiger partial charge in [0.05, 0.1) is 11.7 Å². The summed E-state index contributed by atoms with van der Waals surface area (Å²) >= 11 is 5.80. The van der Waals surface area contributed by atoms with Gasteiger partial charge in [-0.05, 0) is 38.1 Å². The fraction of sp³-hybridized carbons (Fsp3) is 0.263. The van der Waals surface area contributed by atoms with Gasteiger partial charge in [-0.2, -0.15) is 0 Å². The Balaban J connectivity index is 2.22. The molecule has 2 amide bonds. The predicted octanol–water partition coefficient (Wildman–Crippen LogP) is 4.82. The first kappa shape index (κ1) is 19.6. The van der Waals surface area contributed by atoms with Crippen LogP contribution >= 0.6 is 11.6 Å². The average Bonchev–Trinajstić information content (AvgIpc) is 2.63. The van der Waals surface area contributed by atoms with Gasteiger partial charge in [0.1, 0.15) is 5.75 Å². The van der Waals surface area contributed by atoms with E-state index < -0.39 is 18.2 Å². The molecular weight excluding hydrogens is 356 g/mol. The highest BCUT2D eigenvalue weighted by Gasteiger charge is 2.22. The smallest absolute Gasteiger partial charge is 0.419 e. The lowest BCUT2D eigenvalue weighted by Crippen LogP contribution is -2.38. The SMILES string of the molecule is CCN(C(=O)Oc1cccc(N(C(=O)O)C(C)CCl)c1)c1ccccc1. The number of rotatable bonds is 6. The standard InChI is InChI=1S/C19H21ClN2O4/c1-3-21(15-8-5-4-6-9-15)19(25)26-17-11-7-10-16(12-17)22(18(23)24)14(2)13-20/h4-12,14H,3,13H2,1-2H3,(H,23,24). The van der Waals surface area contributed by atoms with Crippen molar-refractivity contribution in [2.75, 3.05) is 22.2 Å². The Morgan fingerprint density at radius 3 is 2.35 bits per heavy atom. The summed E-state index contributed by atoms with van der Waals surface area (Å²) < 4.78 is 5.44. The number of hydrogen-bond acceptors (Lipinski definition) is 3. The zero-order valence-electron chi connectivity index (χ0n) is 14.6. The minimum atomic E-state index is -1.12. The number of para-hydroxylation sites is 1. The molecule has 0 saturated heterocycles. The van der Waals surface area contributed by atoms with Gasteiger partial charge in [0.25, 0.3) is 0 Å². The summed E-state index contributed by atoms with van der Waals surface area (Å²) in [6.07, 6.45) is -1.66. The molecule has 6 nitrogen and oxygen atoms in total. The van der Waals surface area contributed by atoms with Crippen molar-refractivity contribution in [2.45, 2.75) is 19.9 Å². The molecule has 0 spiro atoms. The third-order valence-electron chi connectivity index (χ3n) is 3.78. The molecule has 0 heterocycles. The predicted molar refractivity (Wildman–Crippen MR) is 103 cm³/mol. The van der Waals surface area contributed by atoms with Crippen LogP contribution < -0.4 is 14.5 Å². The summed E-state index contributed by atoms with van der Waals surface area (Å²) in [5.41, 5.74) is 1.11. The van der Waals surface area contributed by atoms with Crippen LogP contribution in [0.15, 0.2) is 54.6 Å². The van der Waals surface area contributed by atoms with E-state index in [-0.39, 0.29) is 11.6 Å². The Bertz CT molecular complexity index is 754. The first-order chi connectivity index (χ1) is 12.5. The van der Waals surface area contributed by atoms with Crippen LogP contribution in [-0.2, 0) is 0 Å². The summed E-state index contributed by atoms with van der Waals surface area (Å²) in [5.74, 6) is 0.406. The number of carbonyl (C=O) groups is 2. The van der Waals surface area contributed by atoms with Gasteiger partial charge in [-0.3, -0.25) is 9.80 Å². The van der Waals surface area contributed by atoms with Crippen molar-refractivity contribution in [3.05, 3.63) is 54.6 Å². The first-order valence-corrected chi connectivity index (χ1v) is 8.74. The van der Waals surface area contributed by atoms with Crippen LogP contribution in [0.5, 0.6) is 5.75 Å². The maximum absolute atomic E-state index is 12.5. The molecule has 0 aliphatic heterocycles. The third-order valence-corrected chi connectivity index (χ3v) is 4.22. The highest BCUT2D eigenvalue weighted by molar-refractivity contribution is 6.18. The third kappa shape index (κ3) is 4.67. The second-order valence-corrected chi connectivity index (χ2v) is 5.91. The van der Waals surface area contributed by atoms with Crippen LogP contribution in [0.3, 0.4) is 0 Å². The van der Waals surface area contributed by atoms with Crippen molar-refractivity contribution >= 4 is 35.2 Å². The Labute approximate surface area is 157 Å². The van der Waals surface area contributed by atoms with E-state index in [1.165, 1.54) is 11.0 Å². The minimum Gasteiger partial charge on any atom is -0.465 e. The number of carbonyl (C=O) groups excluding carboxylic acids is 1. The van der Waals surface area contributed by atoms with Crippen molar-refractivity contribution in [3.8, 4) is 5.75 Å². The van der Waals surface area contributed by atoms with Crippen LogP contribution in [0.25, 0.3) is 0 Å². The van der Waals surface area contributed by atoms with E-state index in [4.69, 9.17) is 16.3 Å². The maximum atomic E-state index is 12.5. The quantitative estimate of drug-likeness (QED) is 0.733. The normalized spacial score (nSPS) is 11.5. The lowest BCUT2D eigenvalue weighted by Gasteiger charge is -2.25. The molecule has 2 aromatic carbocycles. The summed E-state index contributed by atoms with van der Waals surface area (Å²) in [6, 6.07) is 15.1. The summed E-state index contributed by atoms with van der Waals surface area (Å²) in [6.45, 7) is 3.99. The van der Waals surface area contributed by atoms with E-state index in [2.05, 4.69) is 0 Å². The van der Waals surface area contributed by atoms with Crippen LogP contribution in [0.1, 0.15) is 13.8 Å². The van der Waals surface area contributed by atoms with Crippen LogP contribution in [0, 0.1) is 0 Å². The zero-order valence-corrected chi connectivity index (χ0v) is 15.4. The van der Waals surface area contributed by atoms with Crippen molar-refractivity contribution in [2.24, 2.45) is 0 Å². The molecule has 0 aromatic heterocycles. The Kier molecular flexibility index (Phi) is 6.86. The van der Waals surface area contributed by atoms with E-state index in [0.29, 0.717) is 12.2 Å². The molecule has 0 aliphatic carbocycles. The monoisotopic (exact) mass is 376 g/mol. The number of ether oxygens (including phenoxy) is 1. The summed E-state index contributed by atoms with van der Waals surface area (Å²) in [4.78, 5) is 26.7. The fourth-order valence-electron chi connectivity index (χ4n) is 2.50. The molecule has 7 heteroatoms. The van der Waals surface area contributed by atoms with Gasteiger partial charge in [-0.15, -0.1) is 11.6 Å². The average molecular weight is 377 g/mol. The molecule has 138 valence electrons. The van der Waals surface area contributed by atoms with E-state index >= 15 is 0 Å². The van der Waals surface area contributed by atoms with Gasteiger partial charge in [0, 0.05) is 24.2 Å². The van der Waals surface area contributed by atoms with E-state index in [1.807, 2.05) is 37.3 Å². The maximum Gasteiger partial charge on any atom is 0.419 e. The Morgan fingerprint density at radius 2 is 1.77 bits per heavy atom. The summed E-state index contributed by atoms with van der Waals surface area (Å²) in [7, 11) is 0. The number of hydrogen-bond donors (Lipinski definition) is 1. The molecule has 0 bridgehead atoms. The molecule has 0 radical (unpaired) electrons. The zero-order chi connectivity index (χ0) is 19.1. The Hall–Kier alpha value is -2.73. The van der Waals surface area contributed by atoms with Crippen molar-refractivity contribution in [3.63, 3.8) is 0 Å². The first-order valence-electron chi connectivity index (χ1n) is 8.20. The van der Waals surface area contributed by atoms with Gasteiger partial charge in [0.2, 0.25) is 0 Å². The molecule has 0 aliphatic rings. The fourth-order valence-corrected chi connectivity index (χ4v) is 2.64. The van der Waals surface area contributed by atoms with Gasteiger partial charge < -0.3 is 9.84 Å². The highest BCUT2D eigenvalue weighted by Crippen LogP contribution is 2.25. The Morgan fingerprint density at radius 1 is 1.12 bits per heavy atom. The van der Waals surface area contributed by atoms with Crippen molar-refractivity contribution in [1.29, 1.82) is 0 Å². The molecule has 1 N–H and O–H groups in total. The molecule has 2 rings (SSSR count). The van der Waals surface area contributed by atoms with Crippen LogP contribution in [0.2, 0.25) is 0 Å². The molecular formula is C19H21ClN2O4. The van der Waals surface area contributed by atoms with Gasteiger partial charge in [0.15, 0.2) is 0 Å². The lowest BCUT2D eigenvalue weighted by atomic mass is 10.2. The van der Waals surface area contributed by atoms with E-state index in [1.54, 1.807) is 25.1 Å². The number of benzene rings is 2. The van der Waals surface area contributed by atoms with Crippen LogP contribution in [-0.4, -0.2) is 35.8 Å². The van der Waals surface area contributed by atoms with E-state index in [0.717, 1.165) is 10.6 Å². The number of halogens is 1. The molecule has 0 fully saturated rings. The number of nitrogens with zero attached hydrogens (tertiary/aromatic N) is 2. The molecule has 26 heavy (non-hydrogen) atoms. The highest BCUT2D eigenvalue weighted by atomic mass is 35.5. The number of alkyl halides is 1. The molecule has 2 aromatic rings. The van der Waals surface area contributed by atoms with Gasteiger partial charge in [-0.25, -0.2) is 9.59 Å². The topological polar surface area (TPSA) is 70.1 Å². The molecule has 0 saturated carbocycles. The molecule has 1 atom stereocenters. The van der Waals surface area contributed by atoms with E-state index in [9.17, 15) is 14.7 Å². The minimum absolute atomic E-state index is 0.147.